The van der Waals surface area contributed by atoms with Crippen molar-refractivity contribution in [2.75, 3.05) is 23.0 Å². The van der Waals surface area contributed by atoms with Gasteiger partial charge in [0.1, 0.15) is 18.1 Å². The first-order valence-electron chi connectivity index (χ1n) is 25.6. The van der Waals surface area contributed by atoms with Gasteiger partial charge in [-0.15, -0.1) is 0 Å². The molecule has 2 fully saturated rings. The molecule has 2 bridgehead atoms. The molecule has 3 heterocycles. The summed E-state index contributed by atoms with van der Waals surface area (Å²) in [5.74, 6) is -7.63. The number of allylic oxidation sites excluding steroid dienone is 12. The van der Waals surface area contributed by atoms with Crippen molar-refractivity contribution < 1.29 is 170 Å². The van der Waals surface area contributed by atoms with E-state index < -0.39 is 179 Å². The number of esters is 1. The summed E-state index contributed by atoms with van der Waals surface area (Å²) in [7, 11) is -6.30. The van der Waals surface area contributed by atoms with Gasteiger partial charge < -0.3 is 90.0 Å². The molecule has 0 radical (unpaired) electrons. The zero-order valence-corrected chi connectivity index (χ0v) is 53.8. The maximum absolute atomic E-state index is 12.6. The molecular weight excluding hydrogens is 1170 g/mol. The number of hydrogen-bond acceptors (Lipinski definition) is 25. The summed E-state index contributed by atoms with van der Waals surface area (Å²) >= 11 is 0. The summed E-state index contributed by atoms with van der Waals surface area (Å²) in [5.41, 5.74) is 6.02. The number of carboxylic acid groups (broad SMARTS) is 1. The van der Waals surface area contributed by atoms with Gasteiger partial charge in [0.05, 0.1) is 99.8 Å². The van der Waals surface area contributed by atoms with Crippen LogP contribution in [-0.4, -0.2) is 215 Å². The Morgan fingerprint density at radius 1 is 0.667 bits per heavy atom. The predicted molar refractivity (Wildman–Crippen MR) is 291 cm³/mol. The maximum Gasteiger partial charge on any atom is 1.00 e. The van der Waals surface area contributed by atoms with E-state index in [1.807, 2.05) is 19.1 Å². The number of carbonyl (C=O) groups is 2. The van der Waals surface area contributed by atoms with Gasteiger partial charge in [0.2, 0.25) is 0 Å². The summed E-state index contributed by atoms with van der Waals surface area (Å²) in [5, 5.41) is 118. The number of aliphatic hydroxyl groups excluding tert-OH is 9. The van der Waals surface area contributed by atoms with Gasteiger partial charge in [-0.2, -0.15) is 0 Å². The molecule has 30 heteroatoms. The van der Waals surface area contributed by atoms with Crippen molar-refractivity contribution in [1.82, 2.24) is 0 Å². The monoisotopic (exact) mass is 1250 g/mol. The number of carbonyl (C=O) groups excluding carboxylic acids is 1. The molecule has 3 aliphatic heterocycles. The molecule has 81 heavy (non-hydrogen) atoms. The first kappa shape index (κ1) is 80.1. The van der Waals surface area contributed by atoms with E-state index in [-0.39, 0.29) is 102 Å². The Hall–Kier alpha value is -0.920. The SMILES string of the molecule is C[C@@H]1[C@H](O)[C@@H](C)C=CC=CC=CC=CC=CC=CC=C[C@H](O[C@@H]2O[C@H](C)[C@@H](O)[C@H](N)[C@@H]2O)C[C@@H]2O[C@](O)(C[C@@H](O)C[C@@H](O)[C@H](O)CC[C@@H](O)C[C@@H](O)CC(=O)O[C@H]1C)C[C@H](O)[C@H]2C(=O)O.O=S(=O)([O-])CCSSCCS(=O)(=O)[O-].[Na+].[Na+]. The largest absolute Gasteiger partial charge is 1.00 e. The van der Waals surface area contributed by atoms with Crippen LogP contribution in [0.4, 0.5) is 0 Å². The van der Waals surface area contributed by atoms with Gasteiger partial charge in [0, 0.05) is 60.5 Å². The molecule has 0 spiro atoms. The number of cyclic esters (lactones) is 1. The quantitative estimate of drug-likeness (QED) is 0.0319. The maximum atomic E-state index is 12.6. The Balaban J connectivity index is 0.00000351. The second-order valence-corrected chi connectivity index (χ2v) is 25.5. The van der Waals surface area contributed by atoms with Gasteiger partial charge in [0.25, 0.3) is 0 Å². The molecule has 454 valence electrons. The summed E-state index contributed by atoms with van der Waals surface area (Å²) < 4.78 is 83.7. The van der Waals surface area contributed by atoms with Crippen molar-refractivity contribution >= 4 is 53.8 Å². The second-order valence-electron chi connectivity index (χ2n) is 19.7. The summed E-state index contributed by atoms with van der Waals surface area (Å²) in [6.45, 7) is 6.74. The zero-order chi connectivity index (χ0) is 59.7. The van der Waals surface area contributed by atoms with Crippen LogP contribution in [-0.2, 0) is 48.8 Å². The van der Waals surface area contributed by atoms with Gasteiger partial charge in [-0.05, 0) is 33.1 Å². The number of fused-ring (bicyclic) bond motifs is 2. The minimum atomic E-state index is -4.20. The van der Waals surface area contributed by atoms with Crippen LogP contribution in [0.1, 0.15) is 79.1 Å². The number of ether oxygens (including phenoxy) is 4. The molecule has 0 aromatic heterocycles. The molecule has 24 nitrogen and oxygen atoms in total. The van der Waals surface area contributed by atoms with Crippen molar-refractivity contribution in [1.29, 1.82) is 0 Å². The van der Waals surface area contributed by atoms with Gasteiger partial charge in [0.15, 0.2) is 12.1 Å². The molecule has 0 aromatic rings. The van der Waals surface area contributed by atoms with Crippen LogP contribution in [0.25, 0.3) is 0 Å². The Morgan fingerprint density at radius 2 is 1.17 bits per heavy atom. The van der Waals surface area contributed by atoms with Gasteiger partial charge in [-0.25, -0.2) is 16.8 Å². The molecule has 0 amide bonds. The van der Waals surface area contributed by atoms with Gasteiger partial charge in [-0.3, -0.25) is 9.59 Å². The van der Waals surface area contributed by atoms with Crippen LogP contribution in [0.2, 0.25) is 0 Å². The van der Waals surface area contributed by atoms with Crippen LogP contribution in [0.5, 0.6) is 0 Å². The second kappa shape index (κ2) is 40.5. The smallest absolute Gasteiger partial charge is 0.748 e. The number of nitrogens with two attached hydrogens (primary N) is 1. The minimum absolute atomic E-state index is 0. The van der Waals surface area contributed by atoms with E-state index in [1.54, 1.807) is 80.7 Å². The molecule has 0 unspecified atom stereocenters. The van der Waals surface area contributed by atoms with E-state index in [0.29, 0.717) is 0 Å². The van der Waals surface area contributed by atoms with E-state index >= 15 is 0 Å². The normalized spacial score (nSPS) is 36.0. The third-order valence-electron chi connectivity index (χ3n) is 12.9. The number of aliphatic carboxylic acids is 1. The van der Waals surface area contributed by atoms with Crippen LogP contribution in [0.3, 0.4) is 0 Å². The first-order chi connectivity index (χ1) is 36.8. The topological polar surface area (TPSA) is 434 Å². The number of rotatable bonds is 10. The molecule has 0 saturated carbocycles. The average Bonchev–Trinajstić information content (AvgIpc) is 3.33. The third kappa shape index (κ3) is 33.1. The van der Waals surface area contributed by atoms with Crippen LogP contribution < -0.4 is 64.8 Å². The van der Waals surface area contributed by atoms with Crippen molar-refractivity contribution in [3.8, 4) is 0 Å². The van der Waals surface area contributed by atoms with Crippen LogP contribution >= 0.6 is 21.6 Å². The van der Waals surface area contributed by atoms with Gasteiger partial charge in [-0.1, -0.05) is 120 Å². The van der Waals surface area contributed by atoms with Crippen molar-refractivity contribution in [2.45, 2.75) is 177 Å². The Kier molecular flexibility index (Phi) is 40.1. The summed E-state index contributed by atoms with van der Waals surface area (Å²) in [6.07, 6.45) is 3.46. The number of carboxylic acids is 1. The van der Waals surface area contributed by atoms with E-state index in [2.05, 4.69) is 0 Å². The number of hydrogen-bond donors (Lipinski definition) is 12. The van der Waals surface area contributed by atoms with Crippen molar-refractivity contribution in [3.05, 3.63) is 85.1 Å². The molecule has 3 rings (SSSR count). The van der Waals surface area contributed by atoms with Crippen LogP contribution in [0, 0.1) is 17.8 Å². The predicted octanol–water partition coefficient (Wildman–Crippen LogP) is -5.82. The standard InChI is InChI=1S/C47H73NO17.C4H10O6S4.2Na/c1-27-17-15-13-11-9-7-5-6-8-10-12-14-16-18-34(64-46-44(58)41(48)43(57)30(4)63-46)24-38-40(45(59)60)37(54)26-47(61,65-38)25-33(51)22-36(53)35(52)20-19-31(49)21-32(50)23-39(55)62-29(3)28(2)42(27)56;5-13(6,7)3-1-11-12-2-4-14(8,9)10;;/h5-18,27-38,40-44,46,49-54,56-58,61H,19-26,48H2,1-4H3,(H,59,60);1-4H2,(H,5,6,7)(H,8,9,10);;/q;;2*+1/p-2/t27-,28-,29-,30+,31+,32+,33-,34-,35+,36+,37-,38-,40+,41-,42+,43+,44-,46-,47+;;;/m0.../s1. The Bertz CT molecular complexity index is 2240. The fourth-order valence-corrected chi connectivity index (χ4v) is 12.7. The van der Waals surface area contributed by atoms with E-state index in [9.17, 15) is 91.7 Å². The molecule has 13 N–H and O–H groups in total. The number of aliphatic hydroxyl groups is 10. The van der Waals surface area contributed by atoms with E-state index in [4.69, 9.17) is 24.7 Å². The fourth-order valence-electron chi connectivity index (χ4n) is 8.36. The zero-order valence-electron chi connectivity index (χ0n) is 46.5. The molecule has 0 aromatic carbocycles. The summed E-state index contributed by atoms with van der Waals surface area (Å²) in [4.78, 5) is 25.1. The van der Waals surface area contributed by atoms with Crippen LogP contribution in [0.15, 0.2) is 85.1 Å². The molecule has 3 aliphatic rings. The minimum Gasteiger partial charge on any atom is -0.748 e. The van der Waals surface area contributed by atoms with Crippen molar-refractivity contribution in [3.63, 3.8) is 0 Å². The molecule has 2 saturated heterocycles. The summed E-state index contributed by atoms with van der Waals surface area (Å²) in [6, 6.07) is -1.15. The average molecular weight is 1250 g/mol. The Labute approximate surface area is 527 Å². The molecule has 19 atom stereocenters. The first-order valence-corrected chi connectivity index (χ1v) is 31.3. The van der Waals surface area contributed by atoms with E-state index in [0.717, 1.165) is 21.6 Å². The molecule has 0 aliphatic carbocycles. The Morgan fingerprint density at radius 3 is 1.68 bits per heavy atom. The fraction of sp³-hybridized carbons (Fsp3) is 0.686. The van der Waals surface area contributed by atoms with Gasteiger partial charge >= 0.3 is 71.1 Å². The third-order valence-corrected chi connectivity index (χ3v) is 17.3. The van der Waals surface area contributed by atoms with Crippen molar-refractivity contribution in [2.24, 2.45) is 23.5 Å². The molecular formula is C51H81NNa2O23S4. The van der Waals surface area contributed by atoms with E-state index in [1.165, 1.54) is 13.0 Å².